The van der Waals surface area contributed by atoms with Gasteiger partial charge < -0.3 is 8.92 Å². The molecule has 0 radical (unpaired) electrons. The van der Waals surface area contributed by atoms with Crippen molar-refractivity contribution in [3.63, 3.8) is 0 Å². The van der Waals surface area contributed by atoms with Gasteiger partial charge in [0.15, 0.2) is 0 Å². The summed E-state index contributed by atoms with van der Waals surface area (Å²) in [5.74, 6) is -0.243. The van der Waals surface area contributed by atoms with Crippen LogP contribution in [0.2, 0.25) is 0 Å². The van der Waals surface area contributed by atoms with Gasteiger partial charge in [0, 0.05) is 6.07 Å². The van der Waals surface area contributed by atoms with Gasteiger partial charge in [-0.3, -0.25) is 4.79 Å². The van der Waals surface area contributed by atoms with Gasteiger partial charge in [-0.2, -0.15) is 8.42 Å². The maximum absolute atomic E-state index is 12.9. The zero-order chi connectivity index (χ0) is 18.0. The van der Waals surface area contributed by atoms with E-state index in [9.17, 15) is 13.2 Å². The molecule has 5 nitrogen and oxygen atoms in total. The molecule has 134 valence electrons. The molecule has 0 N–H and O–H groups in total. The maximum Gasteiger partial charge on any atom is 0.341 e. The summed E-state index contributed by atoms with van der Waals surface area (Å²) < 4.78 is 35.2. The molecular weight excluding hydrogens is 328 g/mol. The zero-order valence-corrected chi connectivity index (χ0v) is 15.6. The summed E-state index contributed by atoms with van der Waals surface area (Å²) >= 11 is 0. The van der Waals surface area contributed by atoms with E-state index in [1.807, 2.05) is 20.8 Å². The van der Waals surface area contributed by atoms with Crippen LogP contribution in [0.4, 0.5) is 0 Å². The van der Waals surface area contributed by atoms with Gasteiger partial charge in [-0.15, -0.1) is 0 Å². The van der Waals surface area contributed by atoms with Crippen LogP contribution < -0.4 is 4.74 Å². The molecule has 1 aliphatic rings. The van der Waals surface area contributed by atoms with Crippen LogP contribution >= 0.6 is 0 Å². The van der Waals surface area contributed by atoms with E-state index in [0.29, 0.717) is 18.6 Å². The number of benzene rings is 1. The predicted octanol–water partition coefficient (Wildman–Crippen LogP) is 3.92. The number of hydrogen-bond acceptors (Lipinski definition) is 5. The van der Waals surface area contributed by atoms with Gasteiger partial charge in [-0.25, -0.2) is 0 Å². The molecule has 1 aliphatic carbocycles. The van der Waals surface area contributed by atoms with Crippen LogP contribution in [0.25, 0.3) is 0 Å². The molecule has 0 amide bonds. The molecule has 0 bridgehead atoms. The van der Waals surface area contributed by atoms with E-state index < -0.39 is 21.5 Å². The Bertz CT molecular complexity index is 694. The van der Waals surface area contributed by atoms with E-state index >= 15 is 0 Å². The molecule has 0 spiro atoms. The molecule has 0 aromatic heterocycles. The molecule has 1 aromatic carbocycles. The average Bonchev–Trinajstić information content (AvgIpc) is 2.54. The highest BCUT2D eigenvalue weighted by molar-refractivity contribution is 7.87. The normalized spacial score (nSPS) is 18.0. The lowest BCUT2D eigenvalue weighted by atomic mass is 9.59. The molecular formula is C18H26O5S. The summed E-state index contributed by atoms with van der Waals surface area (Å²) in [6, 6.07) is 5.95. The number of rotatable bonds is 4. The second kappa shape index (κ2) is 6.75. The largest absolute Gasteiger partial charge is 0.497 e. The minimum atomic E-state index is -4.17. The van der Waals surface area contributed by atoms with Crippen LogP contribution in [0, 0.1) is 10.8 Å². The van der Waals surface area contributed by atoms with Crippen molar-refractivity contribution in [2.24, 2.45) is 10.8 Å². The third-order valence-electron chi connectivity index (χ3n) is 5.05. The first-order chi connectivity index (χ1) is 11.1. The van der Waals surface area contributed by atoms with Crippen molar-refractivity contribution >= 4 is 16.1 Å². The van der Waals surface area contributed by atoms with Gasteiger partial charge in [0.1, 0.15) is 10.6 Å². The fourth-order valence-corrected chi connectivity index (χ4v) is 4.36. The van der Waals surface area contributed by atoms with Crippen molar-refractivity contribution in [2.45, 2.75) is 57.8 Å². The molecule has 1 saturated carbocycles. The van der Waals surface area contributed by atoms with Gasteiger partial charge >= 0.3 is 16.1 Å². The third kappa shape index (κ3) is 3.58. The van der Waals surface area contributed by atoms with Crippen molar-refractivity contribution in [2.75, 3.05) is 7.11 Å². The second-order valence-electron chi connectivity index (χ2n) is 7.40. The molecule has 0 heterocycles. The van der Waals surface area contributed by atoms with Gasteiger partial charge in [0.2, 0.25) is 0 Å². The quantitative estimate of drug-likeness (QED) is 0.766. The Labute approximate surface area is 144 Å². The molecule has 0 aliphatic heterocycles. The van der Waals surface area contributed by atoms with Crippen LogP contribution in [-0.4, -0.2) is 21.5 Å². The lowest BCUT2D eigenvalue weighted by Crippen LogP contribution is -2.46. The number of hydrogen-bond donors (Lipinski definition) is 0. The Morgan fingerprint density at radius 1 is 1.12 bits per heavy atom. The maximum atomic E-state index is 12.9. The van der Waals surface area contributed by atoms with Crippen molar-refractivity contribution in [3.05, 3.63) is 24.3 Å². The monoisotopic (exact) mass is 354 g/mol. The van der Waals surface area contributed by atoms with Crippen LogP contribution in [-0.2, 0) is 19.1 Å². The average molecular weight is 354 g/mol. The van der Waals surface area contributed by atoms with E-state index in [-0.39, 0.29) is 10.3 Å². The van der Waals surface area contributed by atoms with Crippen molar-refractivity contribution in [1.82, 2.24) is 0 Å². The second-order valence-corrected chi connectivity index (χ2v) is 8.94. The number of carbonyl (C=O) groups is 1. The van der Waals surface area contributed by atoms with Crippen LogP contribution in [0.3, 0.4) is 0 Å². The summed E-state index contributed by atoms with van der Waals surface area (Å²) in [5.41, 5.74) is -1.13. The molecule has 2 rings (SSSR count). The van der Waals surface area contributed by atoms with E-state index in [0.717, 1.165) is 19.3 Å². The number of methoxy groups -OCH3 is 1. The highest BCUT2D eigenvalue weighted by Crippen LogP contribution is 2.50. The summed E-state index contributed by atoms with van der Waals surface area (Å²) in [5, 5.41) is 0. The van der Waals surface area contributed by atoms with Crippen LogP contribution in [0.5, 0.6) is 5.75 Å². The topological polar surface area (TPSA) is 69.7 Å². The lowest BCUT2D eigenvalue weighted by Gasteiger charge is -2.44. The molecule has 6 heteroatoms. The molecule has 1 fully saturated rings. The zero-order valence-electron chi connectivity index (χ0n) is 14.8. The SMILES string of the molecule is COc1cccc(S(=O)(=O)OC(=O)C2(C(C)(C)C)CCCCC2)c1. The first kappa shape index (κ1) is 18.8. The van der Waals surface area contributed by atoms with E-state index in [4.69, 9.17) is 8.92 Å². The van der Waals surface area contributed by atoms with Gasteiger partial charge in [0.25, 0.3) is 0 Å². The summed E-state index contributed by atoms with van der Waals surface area (Å²) in [6.07, 6.45) is 4.19. The van der Waals surface area contributed by atoms with Crippen molar-refractivity contribution in [3.8, 4) is 5.75 Å². The minimum Gasteiger partial charge on any atom is -0.497 e. The number of carbonyl (C=O) groups excluding carboxylic acids is 1. The fraction of sp³-hybridized carbons (Fsp3) is 0.611. The smallest absolute Gasteiger partial charge is 0.341 e. The predicted molar refractivity (Wildman–Crippen MR) is 91.2 cm³/mol. The molecule has 0 unspecified atom stereocenters. The first-order valence-corrected chi connectivity index (χ1v) is 9.66. The Hall–Kier alpha value is -1.56. The Kier molecular flexibility index (Phi) is 5.28. The first-order valence-electron chi connectivity index (χ1n) is 8.25. The van der Waals surface area contributed by atoms with Crippen molar-refractivity contribution < 1.29 is 22.1 Å². The Morgan fingerprint density at radius 3 is 2.29 bits per heavy atom. The molecule has 0 saturated heterocycles. The lowest BCUT2D eigenvalue weighted by molar-refractivity contribution is -0.155. The minimum absolute atomic E-state index is 0.0740. The summed E-state index contributed by atoms with van der Waals surface area (Å²) in [7, 11) is -2.72. The van der Waals surface area contributed by atoms with Gasteiger partial charge in [-0.1, -0.05) is 46.1 Å². The fourth-order valence-electron chi connectivity index (χ4n) is 3.40. The highest BCUT2D eigenvalue weighted by Gasteiger charge is 2.51. The van der Waals surface area contributed by atoms with E-state index in [2.05, 4.69) is 0 Å². The standard InChI is InChI=1S/C18H26O5S/c1-17(2,3)18(11-6-5-7-12-18)16(19)23-24(20,21)15-10-8-9-14(13-15)22-4/h8-10,13H,5-7,11-12H2,1-4H3. The van der Waals surface area contributed by atoms with Crippen LogP contribution in [0.1, 0.15) is 52.9 Å². The Morgan fingerprint density at radius 2 is 1.75 bits per heavy atom. The van der Waals surface area contributed by atoms with E-state index in [1.165, 1.54) is 19.2 Å². The molecule has 0 atom stereocenters. The summed E-state index contributed by atoms with van der Waals surface area (Å²) in [4.78, 5) is 12.8. The highest BCUT2D eigenvalue weighted by atomic mass is 32.2. The van der Waals surface area contributed by atoms with E-state index in [1.54, 1.807) is 12.1 Å². The van der Waals surface area contributed by atoms with Crippen molar-refractivity contribution in [1.29, 1.82) is 0 Å². The molecule has 24 heavy (non-hydrogen) atoms. The third-order valence-corrected chi connectivity index (χ3v) is 6.25. The van der Waals surface area contributed by atoms with Gasteiger partial charge in [0.05, 0.1) is 12.5 Å². The number of ether oxygens (including phenoxy) is 1. The summed E-state index contributed by atoms with van der Waals surface area (Å²) in [6.45, 7) is 5.91. The van der Waals surface area contributed by atoms with Gasteiger partial charge in [-0.05, 0) is 30.4 Å². The molecule has 1 aromatic rings. The van der Waals surface area contributed by atoms with Crippen LogP contribution in [0.15, 0.2) is 29.2 Å². The Balaban J connectivity index is 2.31.